The number of carbonyl (C=O) groups is 1. The molecule has 0 aromatic carbocycles. The molecule has 0 saturated carbocycles. The van der Waals surface area contributed by atoms with Crippen LogP contribution in [0.5, 0.6) is 0 Å². The monoisotopic (exact) mass is 269 g/mol. The molecule has 0 radical (unpaired) electrons. The summed E-state index contributed by atoms with van der Waals surface area (Å²) in [5.41, 5.74) is 0. The van der Waals surface area contributed by atoms with Crippen LogP contribution in [-0.4, -0.2) is 35.7 Å². The van der Waals surface area contributed by atoms with E-state index in [0.717, 1.165) is 6.54 Å². The van der Waals surface area contributed by atoms with Crippen LogP contribution in [0.2, 0.25) is 0 Å². The van der Waals surface area contributed by atoms with Gasteiger partial charge in [-0.05, 0) is 19.4 Å². The van der Waals surface area contributed by atoms with Gasteiger partial charge in [-0.1, -0.05) is 18.9 Å². The normalized spacial score (nSPS) is 10.7. The van der Waals surface area contributed by atoms with E-state index in [1.165, 1.54) is 0 Å². The van der Waals surface area contributed by atoms with Crippen molar-refractivity contribution in [1.82, 2.24) is 20.8 Å². The van der Waals surface area contributed by atoms with Crippen LogP contribution in [0, 0.1) is 5.92 Å². The topological polar surface area (TPSA) is 92.1 Å². The number of amides is 1. The van der Waals surface area contributed by atoms with Crippen LogP contribution in [0.3, 0.4) is 0 Å². The predicted octanol–water partition coefficient (Wildman–Crippen LogP) is 0.753. The summed E-state index contributed by atoms with van der Waals surface area (Å²) >= 11 is 0. The predicted molar refractivity (Wildman–Crippen MR) is 72.6 cm³/mol. The van der Waals surface area contributed by atoms with E-state index in [4.69, 9.17) is 4.42 Å². The minimum absolute atomic E-state index is 0.00772. The van der Waals surface area contributed by atoms with Crippen molar-refractivity contribution in [2.45, 2.75) is 33.7 Å². The molecule has 19 heavy (non-hydrogen) atoms. The summed E-state index contributed by atoms with van der Waals surface area (Å²) in [6, 6.07) is 0.352. The summed E-state index contributed by atoms with van der Waals surface area (Å²) in [5.74, 6) is 1.13. The van der Waals surface area contributed by atoms with E-state index in [2.05, 4.69) is 40.0 Å². The Hall–Kier alpha value is -1.63. The minimum atomic E-state index is 0.00772. The van der Waals surface area contributed by atoms with Crippen molar-refractivity contribution in [3.05, 3.63) is 5.89 Å². The Bertz CT molecular complexity index is 378. The van der Waals surface area contributed by atoms with Gasteiger partial charge < -0.3 is 20.4 Å². The fourth-order valence-electron chi connectivity index (χ4n) is 1.43. The fourth-order valence-corrected chi connectivity index (χ4v) is 1.43. The Labute approximate surface area is 113 Å². The van der Waals surface area contributed by atoms with Crippen molar-refractivity contribution in [2.24, 2.45) is 5.92 Å². The van der Waals surface area contributed by atoms with Gasteiger partial charge >= 0.3 is 6.01 Å². The molecule has 1 rings (SSSR count). The first kappa shape index (κ1) is 15.4. The third-order valence-electron chi connectivity index (χ3n) is 2.30. The summed E-state index contributed by atoms with van der Waals surface area (Å²) in [5, 5.41) is 16.6. The Morgan fingerprint density at radius 1 is 1.37 bits per heavy atom. The Kier molecular flexibility index (Phi) is 6.88. The lowest BCUT2D eigenvalue weighted by Gasteiger charge is -2.04. The molecule has 7 nitrogen and oxygen atoms in total. The lowest BCUT2D eigenvalue weighted by Crippen LogP contribution is -2.24. The molecule has 1 aromatic rings. The number of hydrogen-bond acceptors (Lipinski definition) is 6. The fraction of sp³-hybridized carbons (Fsp3) is 0.750. The van der Waals surface area contributed by atoms with Gasteiger partial charge in [-0.25, -0.2) is 0 Å². The zero-order valence-corrected chi connectivity index (χ0v) is 11.8. The van der Waals surface area contributed by atoms with Crippen LogP contribution in [0.4, 0.5) is 6.01 Å². The highest BCUT2D eigenvalue weighted by molar-refractivity contribution is 5.76. The number of anilines is 1. The highest BCUT2D eigenvalue weighted by Crippen LogP contribution is 2.05. The highest BCUT2D eigenvalue weighted by atomic mass is 16.4. The van der Waals surface area contributed by atoms with Crippen LogP contribution < -0.4 is 16.0 Å². The molecule has 108 valence electrons. The first-order chi connectivity index (χ1) is 9.11. The summed E-state index contributed by atoms with van der Waals surface area (Å²) in [7, 11) is 0. The molecule has 1 amide bonds. The van der Waals surface area contributed by atoms with E-state index in [0.29, 0.717) is 43.9 Å². The smallest absolute Gasteiger partial charge is 0.315 e. The van der Waals surface area contributed by atoms with Crippen molar-refractivity contribution >= 4 is 11.9 Å². The molecule has 0 atom stereocenters. The second-order valence-corrected chi connectivity index (χ2v) is 4.66. The van der Waals surface area contributed by atoms with Gasteiger partial charge in [0.15, 0.2) is 0 Å². The second-order valence-electron chi connectivity index (χ2n) is 4.66. The van der Waals surface area contributed by atoms with Crippen molar-refractivity contribution in [3.63, 3.8) is 0 Å². The van der Waals surface area contributed by atoms with Gasteiger partial charge in [-0.15, -0.1) is 5.10 Å². The van der Waals surface area contributed by atoms with Crippen LogP contribution in [-0.2, 0) is 11.3 Å². The molecular formula is C12H23N5O2. The number of nitrogens with zero attached hydrogens (tertiary/aromatic N) is 2. The number of aromatic nitrogens is 2. The molecule has 0 unspecified atom stereocenters. The first-order valence-electron chi connectivity index (χ1n) is 6.65. The van der Waals surface area contributed by atoms with Crippen LogP contribution in [0.1, 0.15) is 33.1 Å². The minimum Gasteiger partial charge on any atom is -0.407 e. The van der Waals surface area contributed by atoms with E-state index in [1.54, 1.807) is 0 Å². The van der Waals surface area contributed by atoms with Crippen molar-refractivity contribution in [2.75, 3.05) is 25.0 Å². The summed E-state index contributed by atoms with van der Waals surface area (Å²) in [6.07, 6.45) is 0.386. The molecule has 7 heteroatoms. The van der Waals surface area contributed by atoms with Crippen molar-refractivity contribution in [3.8, 4) is 0 Å². The molecule has 0 aliphatic heterocycles. The van der Waals surface area contributed by atoms with Crippen LogP contribution in [0.15, 0.2) is 4.42 Å². The van der Waals surface area contributed by atoms with E-state index in [9.17, 15) is 4.79 Å². The lowest BCUT2D eigenvalue weighted by atomic mass is 10.2. The lowest BCUT2D eigenvalue weighted by molar-refractivity contribution is -0.120. The summed E-state index contributed by atoms with van der Waals surface area (Å²) in [6.45, 7) is 8.74. The van der Waals surface area contributed by atoms with Gasteiger partial charge in [0.2, 0.25) is 11.8 Å². The second kappa shape index (κ2) is 8.47. The molecule has 0 saturated heterocycles. The molecule has 0 aliphatic carbocycles. The van der Waals surface area contributed by atoms with Gasteiger partial charge in [0.25, 0.3) is 0 Å². The van der Waals surface area contributed by atoms with E-state index in [1.807, 2.05) is 6.92 Å². The quantitative estimate of drug-likeness (QED) is 0.613. The molecule has 1 aromatic heterocycles. The summed E-state index contributed by atoms with van der Waals surface area (Å²) in [4.78, 5) is 11.2. The van der Waals surface area contributed by atoms with Crippen LogP contribution in [0.25, 0.3) is 0 Å². The van der Waals surface area contributed by atoms with Crippen molar-refractivity contribution < 1.29 is 9.21 Å². The maximum atomic E-state index is 11.2. The van der Waals surface area contributed by atoms with Gasteiger partial charge in [0.05, 0.1) is 6.54 Å². The maximum absolute atomic E-state index is 11.2. The molecular weight excluding hydrogens is 246 g/mol. The molecule has 0 bridgehead atoms. The Morgan fingerprint density at radius 2 is 2.16 bits per heavy atom. The zero-order valence-electron chi connectivity index (χ0n) is 11.8. The highest BCUT2D eigenvalue weighted by Gasteiger charge is 2.06. The maximum Gasteiger partial charge on any atom is 0.315 e. The SMILES string of the molecule is CCNC(=O)CCNc1nnc(CNCC(C)C)o1. The van der Waals surface area contributed by atoms with Gasteiger partial charge in [-0.3, -0.25) is 4.79 Å². The van der Waals surface area contributed by atoms with E-state index >= 15 is 0 Å². The largest absolute Gasteiger partial charge is 0.407 e. The third-order valence-corrected chi connectivity index (χ3v) is 2.30. The molecule has 1 heterocycles. The van der Waals surface area contributed by atoms with Gasteiger partial charge in [0.1, 0.15) is 0 Å². The molecule has 0 spiro atoms. The third kappa shape index (κ3) is 6.76. The van der Waals surface area contributed by atoms with E-state index < -0.39 is 0 Å². The summed E-state index contributed by atoms with van der Waals surface area (Å²) < 4.78 is 5.38. The average molecular weight is 269 g/mol. The van der Waals surface area contributed by atoms with Gasteiger partial charge in [-0.2, -0.15) is 0 Å². The Morgan fingerprint density at radius 3 is 2.84 bits per heavy atom. The number of rotatable bonds is 9. The molecule has 3 N–H and O–H groups in total. The standard InChI is InChI=1S/C12H23N5O2/c1-4-14-10(18)5-6-15-12-17-16-11(19-12)8-13-7-9(2)3/h9,13H,4-8H2,1-3H3,(H,14,18)(H,15,17). The van der Waals surface area contributed by atoms with E-state index in [-0.39, 0.29) is 5.91 Å². The number of nitrogens with one attached hydrogen (secondary N) is 3. The first-order valence-corrected chi connectivity index (χ1v) is 6.65. The van der Waals surface area contributed by atoms with Crippen LogP contribution >= 0.6 is 0 Å². The number of hydrogen-bond donors (Lipinski definition) is 3. The Balaban J connectivity index is 2.21. The van der Waals surface area contributed by atoms with Gasteiger partial charge in [0, 0.05) is 19.5 Å². The average Bonchev–Trinajstić information content (AvgIpc) is 2.77. The molecule has 0 fully saturated rings. The zero-order chi connectivity index (χ0) is 14.1. The number of carbonyl (C=O) groups excluding carboxylic acids is 1. The van der Waals surface area contributed by atoms with Crippen molar-refractivity contribution in [1.29, 1.82) is 0 Å². The molecule has 0 aliphatic rings.